The minimum Gasteiger partial charge on any atom is -0.494 e. The summed E-state index contributed by atoms with van der Waals surface area (Å²) in [6, 6.07) is 9.62. The van der Waals surface area contributed by atoms with Crippen molar-refractivity contribution in [2.45, 2.75) is 13.0 Å². The van der Waals surface area contributed by atoms with Crippen LogP contribution in [0.5, 0.6) is 5.75 Å². The first-order valence-corrected chi connectivity index (χ1v) is 6.44. The maximum atomic E-state index is 11.7. The SMILES string of the molecule is O=c1c(Br)cncn1CCCOc1ccccc1. The number of nitrogens with zero attached hydrogens (tertiary/aromatic N) is 2. The van der Waals surface area contributed by atoms with Gasteiger partial charge in [0.25, 0.3) is 5.56 Å². The van der Waals surface area contributed by atoms with Gasteiger partial charge < -0.3 is 4.74 Å². The van der Waals surface area contributed by atoms with Crippen molar-refractivity contribution in [2.75, 3.05) is 6.61 Å². The third-order valence-corrected chi connectivity index (χ3v) is 2.96. The molecule has 0 bridgehead atoms. The molecule has 1 aromatic heterocycles. The average Bonchev–Trinajstić information content (AvgIpc) is 2.40. The number of hydrogen-bond donors (Lipinski definition) is 0. The summed E-state index contributed by atoms with van der Waals surface area (Å²) < 4.78 is 7.60. The molecule has 0 saturated heterocycles. The van der Waals surface area contributed by atoms with E-state index >= 15 is 0 Å². The van der Waals surface area contributed by atoms with Crippen molar-refractivity contribution >= 4 is 15.9 Å². The first-order chi connectivity index (χ1) is 8.77. The van der Waals surface area contributed by atoms with Crippen LogP contribution >= 0.6 is 15.9 Å². The van der Waals surface area contributed by atoms with Gasteiger partial charge in [0.05, 0.1) is 12.9 Å². The summed E-state index contributed by atoms with van der Waals surface area (Å²) in [6.45, 7) is 1.17. The standard InChI is InChI=1S/C13H13BrN2O2/c14-12-9-15-10-16(13(12)17)7-4-8-18-11-5-2-1-3-6-11/h1-3,5-6,9-10H,4,7-8H2. The summed E-state index contributed by atoms with van der Waals surface area (Å²) in [5.74, 6) is 0.845. The van der Waals surface area contributed by atoms with Crippen molar-refractivity contribution in [3.8, 4) is 5.75 Å². The lowest BCUT2D eigenvalue weighted by Crippen LogP contribution is -2.21. The molecule has 1 heterocycles. The van der Waals surface area contributed by atoms with Crippen LogP contribution in [-0.4, -0.2) is 16.2 Å². The Morgan fingerprint density at radius 2 is 2.06 bits per heavy atom. The Labute approximate surface area is 113 Å². The molecular weight excluding hydrogens is 296 g/mol. The lowest BCUT2D eigenvalue weighted by molar-refractivity contribution is 0.300. The molecule has 0 N–H and O–H groups in total. The van der Waals surface area contributed by atoms with E-state index in [1.165, 1.54) is 12.5 Å². The minimum absolute atomic E-state index is 0.0651. The van der Waals surface area contributed by atoms with Gasteiger partial charge in [-0.1, -0.05) is 18.2 Å². The quantitative estimate of drug-likeness (QED) is 0.797. The van der Waals surface area contributed by atoms with Gasteiger partial charge in [-0.05, 0) is 34.5 Å². The molecule has 4 nitrogen and oxygen atoms in total. The molecule has 0 atom stereocenters. The van der Waals surface area contributed by atoms with E-state index in [4.69, 9.17) is 4.74 Å². The summed E-state index contributed by atoms with van der Waals surface area (Å²) in [5.41, 5.74) is -0.0651. The third-order valence-electron chi connectivity index (χ3n) is 2.41. The predicted molar refractivity (Wildman–Crippen MR) is 72.8 cm³/mol. The van der Waals surface area contributed by atoms with E-state index < -0.39 is 0 Å². The zero-order valence-corrected chi connectivity index (χ0v) is 11.3. The lowest BCUT2D eigenvalue weighted by atomic mass is 10.3. The Hall–Kier alpha value is -1.62. The summed E-state index contributed by atoms with van der Waals surface area (Å²) in [6.07, 6.45) is 3.79. The highest BCUT2D eigenvalue weighted by molar-refractivity contribution is 9.10. The Morgan fingerprint density at radius 1 is 1.28 bits per heavy atom. The molecule has 0 saturated carbocycles. The number of benzene rings is 1. The van der Waals surface area contributed by atoms with Gasteiger partial charge in [-0.3, -0.25) is 9.36 Å². The zero-order chi connectivity index (χ0) is 12.8. The van der Waals surface area contributed by atoms with E-state index in [2.05, 4.69) is 20.9 Å². The number of aromatic nitrogens is 2. The third kappa shape index (κ3) is 3.43. The van der Waals surface area contributed by atoms with Gasteiger partial charge in [0.15, 0.2) is 0 Å². The molecule has 0 aliphatic carbocycles. The Morgan fingerprint density at radius 3 is 2.83 bits per heavy atom. The van der Waals surface area contributed by atoms with E-state index in [1.54, 1.807) is 4.57 Å². The monoisotopic (exact) mass is 308 g/mol. The van der Waals surface area contributed by atoms with Crippen LogP contribution < -0.4 is 10.3 Å². The van der Waals surface area contributed by atoms with E-state index in [9.17, 15) is 4.79 Å². The number of hydrogen-bond acceptors (Lipinski definition) is 3. The van der Waals surface area contributed by atoms with Crippen LogP contribution in [0.1, 0.15) is 6.42 Å². The van der Waals surface area contributed by atoms with Crippen molar-refractivity contribution in [1.82, 2.24) is 9.55 Å². The van der Waals surface area contributed by atoms with E-state index in [0.29, 0.717) is 17.6 Å². The molecular formula is C13H13BrN2O2. The smallest absolute Gasteiger partial charge is 0.267 e. The molecule has 0 amide bonds. The highest BCUT2D eigenvalue weighted by atomic mass is 79.9. The van der Waals surface area contributed by atoms with Crippen molar-refractivity contribution in [3.05, 3.63) is 57.7 Å². The molecule has 5 heteroatoms. The van der Waals surface area contributed by atoms with Crippen LogP contribution in [0.3, 0.4) is 0 Å². The van der Waals surface area contributed by atoms with Crippen molar-refractivity contribution in [1.29, 1.82) is 0 Å². The molecule has 2 aromatic rings. The van der Waals surface area contributed by atoms with E-state index in [0.717, 1.165) is 12.2 Å². The molecule has 2 rings (SSSR count). The molecule has 0 spiro atoms. The van der Waals surface area contributed by atoms with Crippen molar-refractivity contribution in [3.63, 3.8) is 0 Å². The van der Waals surface area contributed by atoms with Gasteiger partial charge in [-0.15, -0.1) is 0 Å². The first-order valence-electron chi connectivity index (χ1n) is 5.65. The fourth-order valence-electron chi connectivity index (χ4n) is 1.53. The van der Waals surface area contributed by atoms with Gasteiger partial charge in [0, 0.05) is 12.7 Å². The van der Waals surface area contributed by atoms with Gasteiger partial charge in [0.1, 0.15) is 10.2 Å². The summed E-state index contributed by atoms with van der Waals surface area (Å²) >= 11 is 3.16. The summed E-state index contributed by atoms with van der Waals surface area (Å²) in [4.78, 5) is 15.6. The minimum atomic E-state index is -0.0651. The van der Waals surface area contributed by atoms with Crippen molar-refractivity contribution < 1.29 is 4.74 Å². The van der Waals surface area contributed by atoms with Crippen LogP contribution in [0.25, 0.3) is 0 Å². The number of aryl methyl sites for hydroxylation is 1. The first kappa shape index (κ1) is 12.8. The number of ether oxygens (including phenoxy) is 1. The highest BCUT2D eigenvalue weighted by Gasteiger charge is 2.00. The second-order valence-electron chi connectivity index (χ2n) is 3.76. The van der Waals surface area contributed by atoms with Crippen LogP contribution in [0.15, 0.2) is 52.1 Å². The predicted octanol–water partition coefficient (Wildman–Crippen LogP) is 2.47. The molecule has 18 heavy (non-hydrogen) atoms. The van der Waals surface area contributed by atoms with Gasteiger partial charge in [0.2, 0.25) is 0 Å². The number of para-hydroxylation sites is 1. The number of halogens is 1. The second-order valence-corrected chi connectivity index (χ2v) is 4.61. The highest BCUT2D eigenvalue weighted by Crippen LogP contribution is 2.08. The Kier molecular flexibility index (Phi) is 4.52. The van der Waals surface area contributed by atoms with E-state index in [1.807, 2.05) is 30.3 Å². The Balaban J connectivity index is 1.82. The van der Waals surface area contributed by atoms with Crippen molar-refractivity contribution in [2.24, 2.45) is 0 Å². The fraction of sp³-hybridized carbons (Fsp3) is 0.231. The van der Waals surface area contributed by atoms with Crippen LogP contribution in [0, 0.1) is 0 Å². The van der Waals surface area contributed by atoms with E-state index in [-0.39, 0.29) is 5.56 Å². The van der Waals surface area contributed by atoms with Gasteiger partial charge in [-0.2, -0.15) is 0 Å². The molecule has 0 fully saturated rings. The number of rotatable bonds is 5. The normalized spacial score (nSPS) is 10.3. The zero-order valence-electron chi connectivity index (χ0n) is 9.75. The summed E-state index contributed by atoms with van der Waals surface area (Å²) in [7, 11) is 0. The van der Waals surface area contributed by atoms with Crippen LogP contribution in [0.4, 0.5) is 0 Å². The molecule has 0 aliphatic heterocycles. The van der Waals surface area contributed by atoms with Gasteiger partial charge in [-0.25, -0.2) is 4.98 Å². The Bertz CT molecular complexity index is 554. The fourth-order valence-corrected chi connectivity index (χ4v) is 1.87. The molecule has 0 unspecified atom stereocenters. The van der Waals surface area contributed by atoms with Gasteiger partial charge >= 0.3 is 0 Å². The molecule has 0 radical (unpaired) electrons. The van der Waals surface area contributed by atoms with Crippen LogP contribution in [-0.2, 0) is 6.54 Å². The van der Waals surface area contributed by atoms with Crippen LogP contribution in [0.2, 0.25) is 0 Å². The maximum absolute atomic E-state index is 11.7. The molecule has 1 aromatic carbocycles. The second kappa shape index (κ2) is 6.35. The maximum Gasteiger partial charge on any atom is 0.267 e. The molecule has 94 valence electrons. The molecule has 0 aliphatic rings. The average molecular weight is 309 g/mol. The summed E-state index contributed by atoms with van der Waals surface area (Å²) in [5, 5.41) is 0. The largest absolute Gasteiger partial charge is 0.494 e. The topological polar surface area (TPSA) is 44.1 Å². The lowest BCUT2D eigenvalue weighted by Gasteiger charge is -2.07.